The Balaban J connectivity index is 1.65. The third-order valence-corrected chi connectivity index (χ3v) is 8.16. The number of sulfone groups is 1. The first-order chi connectivity index (χ1) is 13.2. The van der Waals surface area contributed by atoms with Crippen molar-refractivity contribution in [2.75, 3.05) is 16.4 Å². The third kappa shape index (κ3) is 3.80. The summed E-state index contributed by atoms with van der Waals surface area (Å²) < 4.78 is 37.6. The highest BCUT2D eigenvalue weighted by Gasteiger charge is 2.47. The Hall–Kier alpha value is -1.57. The number of aryl methyl sites for hydroxylation is 2. The maximum atomic E-state index is 13.3. The van der Waals surface area contributed by atoms with Crippen LogP contribution in [0.4, 0.5) is 10.1 Å². The van der Waals surface area contributed by atoms with Crippen molar-refractivity contribution in [3.05, 3.63) is 63.9 Å². The van der Waals surface area contributed by atoms with Crippen LogP contribution in [0.25, 0.3) is 0 Å². The smallest absolute Gasteiger partial charge is 0.164 e. The van der Waals surface area contributed by atoms with Crippen LogP contribution in [-0.4, -0.2) is 37.2 Å². The van der Waals surface area contributed by atoms with Crippen LogP contribution in [0.2, 0.25) is 5.02 Å². The SMILES string of the molecule is Cc1ccc(N2C(SCc3ccc(F)cc3Cl)=N[C@@H]3CS(=O)(=O)C[C@H]32)c(C)c1. The monoisotopic (exact) mass is 438 g/mol. The van der Waals surface area contributed by atoms with E-state index in [2.05, 4.69) is 11.0 Å². The van der Waals surface area contributed by atoms with Crippen molar-refractivity contribution in [3.63, 3.8) is 0 Å². The molecule has 0 amide bonds. The molecule has 2 heterocycles. The Bertz CT molecular complexity index is 1070. The van der Waals surface area contributed by atoms with Crippen LogP contribution in [0.1, 0.15) is 16.7 Å². The standard InChI is InChI=1S/C20H20ClFN2O2S2/c1-12-3-6-18(13(2)7-12)24-19-11-28(25,26)10-17(19)23-20(24)27-9-14-4-5-15(22)8-16(14)21/h3-8,17,19H,9-11H2,1-2H3/t17-,19-/m1/s1. The summed E-state index contributed by atoms with van der Waals surface area (Å²) in [5.74, 6) is 0.357. The highest BCUT2D eigenvalue weighted by Crippen LogP contribution is 2.38. The summed E-state index contributed by atoms with van der Waals surface area (Å²) in [6.07, 6.45) is 0. The molecule has 148 valence electrons. The van der Waals surface area contributed by atoms with E-state index in [4.69, 9.17) is 16.6 Å². The Kier molecular flexibility index (Phi) is 5.18. The van der Waals surface area contributed by atoms with Crippen LogP contribution in [0.15, 0.2) is 41.4 Å². The first-order valence-corrected chi connectivity index (χ1v) is 12.1. The zero-order chi connectivity index (χ0) is 20.1. The second-order valence-corrected chi connectivity index (χ2v) is 10.8. The number of nitrogens with zero attached hydrogens (tertiary/aromatic N) is 2. The van der Waals surface area contributed by atoms with Gasteiger partial charge in [0.15, 0.2) is 15.0 Å². The van der Waals surface area contributed by atoms with E-state index in [-0.39, 0.29) is 29.4 Å². The lowest BCUT2D eigenvalue weighted by Crippen LogP contribution is -2.39. The first-order valence-electron chi connectivity index (χ1n) is 8.95. The van der Waals surface area contributed by atoms with Gasteiger partial charge in [0.2, 0.25) is 0 Å². The van der Waals surface area contributed by atoms with Crippen LogP contribution in [-0.2, 0) is 15.6 Å². The van der Waals surface area contributed by atoms with E-state index in [0.717, 1.165) is 27.5 Å². The van der Waals surface area contributed by atoms with E-state index in [1.54, 1.807) is 6.07 Å². The van der Waals surface area contributed by atoms with Gasteiger partial charge in [0, 0.05) is 16.5 Å². The van der Waals surface area contributed by atoms with Crippen molar-refractivity contribution >= 4 is 44.1 Å². The Morgan fingerprint density at radius 3 is 2.71 bits per heavy atom. The molecule has 0 radical (unpaired) electrons. The molecule has 2 aliphatic heterocycles. The summed E-state index contributed by atoms with van der Waals surface area (Å²) in [6, 6.07) is 10.1. The fourth-order valence-electron chi connectivity index (χ4n) is 3.77. The zero-order valence-electron chi connectivity index (χ0n) is 15.5. The number of thioether (sulfide) groups is 1. The molecule has 2 aromatic rings. The van der Waals surface area contributed by atoms with Gasteiger partial charge in [-0.3, -0.25) is 4.99 Å². The average Bonchev–Trinajstić information content (AvgIpc) is 3.06. The molecule has 4 rings (SSSR count). The summed E-state index contributed by atoms with van der Waals surface area (Å²) in [4.78, 5) is 6.80. The molecule has 0 saturated carbocycles. The largest absolute Gasteiger partial charge is 0.315 e. The van der Waals surface area contributed by atoms with Gasteiger partial charge in [0.25, 0.3) is 0 Å². The topological polar surface area (TPSA) is 49.7 Å². The number of aliphatic imine (C=N–C) groups is 1. The summed E-state index contributed by atoms with van der Waals surface area (Å²) in [7, 11) is -3.09. The second-order valence-electron chi connectivity index (χ2n) is 7.31. The van der Waals surface area contributed by atoms with Gasteiger partial charge < -0.3 is 4.90 Å². The molecule has 4 nitrogen and oxygen atoms in total. The minimum atomic E-state index is -3.09. The maximum absolute atomic E-state index is 13.3. The highest BCUT2D eigenvalue weighted by atomic mass is 35.5. The zero-order valence-corrected chi connectivity index (χ0v) is 17.9. The quantitative estimate of drug-likeness (QED) is 0.713. The first kappa shape index (κ1) is 19.7. The predicted molar refractivity (Wildman–Crippen MR) is 115 cm³/mol. The summed E-state index contributed by atoms with van der Waals surface area (Å²) in [5.41, 5.74) is 4.03. The lowest BCUT2D eigenvalue weighted by molar-refractivity contribution is 0.601. The molecule has 28 heavy (non-hydrogen) atoms. The molecule has 2 aromatic carbocycles. The predicted octanol–water partition coefficient (Wildman–Crippen LogP) is 4.37. The van der Waals surface area contributed by atoms with Crippen LogP contribution >= 0.6 is 23.4 Å². The van der Waals surface area contributed by atoms with Gasteiger partial charge in [0.1, 0.15) is 5.82 Å². The van der Waals surface area contributed by atoms with E-state index in [0.29, 0.717) is 10.8 Å². The number of halogens is 2. The molecule has 1 saturated heterocycles. The average molecular weight is 439 g/mol. The van der Waals surface area contributed by atoms with Crippen LogP contribution in [0.3, 0.4) is 0 Å². The highest BCUT2D eigenvalue weighted by molar-refractivity contribution is 8.13. The van der Waals surface area contributed by atoms with E-state index in [9.17, 15) is 12.8 Å². The molecule has 1 fully saturated rings. The van der Waals surface area contributed by atoms with Crippen molar-refractivity contribution in [2.45, 2.75) is 31.7 Å². The van der Waals surface area contributed by atoms with Crippen LogP contribution in [0.5, 0.6) is 0 Å². The van der Waals surface area contributed by atoms with Crippen LogP contribution in [0, 0.1) is 19.7 Å². The van der Waals surface area contributed by atoms with Gasteiger partial charge in [-0.2, -0.15) is 0 Å². The van der Waals surface area contributed by atoms with Crippen molar-refractivity contribution in [1.29, 1.82) is 0 Å². The Morgan fingerprint density at radius 2 is 2.00 bits per heavy atom. The van der Waals surface area contributed by atoms with Gasteiger partial charge in [-0.15, -0.1) is 0 Å². The molecule has 0 aliphatic carbocycles. The minimum absolute atomic E-state index is 0.0838. The number of anilines is 1. The van der Waals surface area contributed by atoms with Crippen LogP contribution < -0.4 is 4.90 Å². The number of hydrogen-bond acceptors (Lipinski definition) is 5. The second kappa shape index (κ2) is 7.35. The van der Waals surface area contributed by atoms with Crippen molar-refractivity contribution in [2.24, 2.45) is 4.99 Å². The summed E-state index contributed by atoms with van der Waals surface area (Å²) >= 11 is 7.66. The molecule has 0 unspecified atom stereocenters. The molecule has 0 N–H and O–H groups in total. The fourth-order valence-corrected chi connectivity index (χ4v) is 7.05. The van der Waals surface area contributed by atoms with E-state index in [1.165, 1.54) is 23.9 Å². The van der Waals surface area contributed by atoms with Crippen molar-refractivity contribution < 1.29 is 12.8 Å². The number of amidine groups is 1. The van der Waals surface area contributed by atoms with Gasteiger partial charge in [-0.25, -0.2) is 12.8 Å². The minimum Gasteiger partial charge on any atom is -0.315 e. The molecule has 0 spiro atoms. The number of rotatable bonds is 3. The summed E-state index contributed by atoms with van der Waals surface area (Å²) in [6.45, 7) is 4.06. The van der Waals surface area contributed by atoms with E-state index < -0.39 is 9.84 Å². The molecule has 0 aromatic heterocycles. The fraction of sp³-hybridized carbons (Fsp3) is 0.350. The maximum Gasteiger partial charge on any atom is 0.164 e. The molecule has 2 atom stereocenters. The van der Waals surface area contributed by atoms with Crippen molar-refractivity contribution in [3.8, 4) is 0 Å². The molecule has 0 bridgehead atoms. The lowest BCUT2D eigenvalue weighted by atomic mass is 10.1. The van der Waals surface area contributed by atoms with Gasteiger partial charge in [0.05, 0.1) is 23.6 Å². The Labute approximate surface area is 173 Å². The van der Waals surface area contributed by atoms with Crippen molar-refractivity contribution in [1.82, 2.24) is 0 Å². The van der Waals surface area contributed by atoms with Gasteiger partial charge >= 0.3 is 0 Å². The summed E-state index contributed by atoms with van der Waals surface area (Å²) in [5, 5.41) is 1.17. The molecular formula is C20H20ClFN2O2S2. The number of benzene rings is 2. The molecule has 2 aliphatic rings. The number of hydrogen-bond donors (Lipinski definition) is 0. The van der Waals surface area contributed by atoms with Gasteiger partial charge in [-0.1, -0.05) is 47.1 Å². The van der Waals surface area contributed by atoms with E-state index >= 15 is 0 Å². The Morgan fingerprint density at radius 1 is 1.21 bits per heavy atom. The molecule has 8 heteroatoms. The normalized spacial score (nSPS) is 23.0. The van der Waals surface area contributed by atoms with E-state index in [1.807, 2.05) is 26.0 Å². The van der Waals surface area contributed by atoms with Gasteiger partial charge in [-0.05, 0) is 43.2 Å². The molecular weight excluding hydrogens is 419 g/mol. The third-order valence-electron chi connectivity index (χ3n) is 5.09. The lowest BCUT2D eigenvalue weighted by Gasteiger charge is -2.28. The number of fused-ring (bicyclic) bond motifs is 1.